The molecule has 0 heterocycles. The number of Topliss-reactive ketones (excluding diaryl/α,β-unsaturated/α-hetero) is 1. The van der Waals surface area contributed by atoms with Gasteiger partial charge in [0.05, 0.1) is 21.5 Å². The molecule has 0 N–H and O–H groups in total. The van der Waals surface area contributed by atoms with Crippen molar-refractivity contribution in [3.05, 3.63) is 103 Å². The van der Waals surface area contributed by atoms with Crippen LogP contribution < -0.4 is 4.74 Å². The Hall–Kier alpha value is -4.31. The van der Waals surface area contributed by atoms with Gasteiger partial charge < -0.3 is 9.47 Å². The summed E-state index contributed by atoms with van der Waals surface area (Å²) in [5.41, 5.74) is -0.715. The third kappa shape index (κ3) is 5.43. The molecule has 0 unspecified atom stereocenters. The molecule has 0 radical (unpaired) electrons. The number of halogens is 1. The van der Waals surface area contributed by atoms with Gasteiger partial charge >= 0.3 is 11.7 Å². The third-order valence-corrected chi connectivity index (χ3v) is 4.40. The number of benzene rings is 3. The SMILES string of the molecule is O=C(COC(=O)c1cccc(Oc2ccc([N+](=O)[O-])cc2[N+](=O)[O-])c1)c1ccc(Cl)cc1. The van der Waals surface area contributed by atoms with Crippen LogP contribution in [0.25, 0.3) is 0 Å². The van der Waals surface area contributed by atoms with Crippen LogP contribution >= 0.6 is 11.6 Å². The Bertz CT molecular complexity index is 1210. The summed E-state index contributed by atoms with van der Waals surface area (Å²) < 4.78 is 10.5. The molecule has 3 aromatic rings. The number of nitrogens with zero attached hydrogens (tertiary/aromatic N) is 2. The molecule has 3 aromatic carbocycles. The summed E-state index contributed by atoms with van der Waals surface area (Å²) >= 11 is 5.77. The maximum Gasteiger partial charge on any atom is 0.338 e. The highest BCUT2D eigenvalue weighted by atomic mass is 35.5. The zero-order chi connectivity index (χ0) is 23.3. The van der Waals surface area contributed by atoms with E-state index in [0.29, 0.717) is 10.6 Å². The van der Waals surface area contributed by atoms with Crippen LogP contribution in [-0.2, 0) is 4.74 Å². The van der Waals surface area contributed by atoms with Crippen molar-refractivity contribution in [1.29, 1.82) is 0 Å². The van der Waals surface area contributed by atoms with E-state index in [4.69, 9.17) is 21.1 Å². The van der Waals surface area contributed by atoms with Gasteiger partial charge in [0.1, 0.15) is 5.75 Å². The van der Waals surface area contributed by atoms with Crippen molar-refractivity contribution in [2.45, 2.75) is 0 Å². The number of ether oxygens (including phenoxy) is 2. The summed E-state index contributed by atoms with van der Waals surface area (Å²) in [7, 11) is 0. The second-order valence-corrected chi connectivity index (χ2v) is 6.74. The number of carbonyl (C=O) groups excluding carboxylic acids is 2. The Labute approximate surface area is 185 Å². The van der Waals surface area contributed by atoms with Gasteiger partial charge in [-0.05, 0) is 48.5 Å². The molecule has 0 saturated carbocycles. The van der Waals surface area contributed by atoms with E-state index < -0.39 is 39.6 Å². The molecule has 0 fully saturated rings. The lowest BCUT2D eigenvalue weighted by Crippen LogP contribution is -2.14. The van der Waals surface area contributed by atoms with Gasteiger partial charge in [-0.15, -0.1) is 0 Å². The number of nitro groups is 2. The molecular formula is C21H13ClN2O8. The van der Waals surface area contributed by atoms with Crippen LogP contribution in [0.1, 0.15) is 20.7 Å². The molecule has 32 heavy (non-hydrogen) atoms. The van der Waals surface area contributed by atoms with Crippen LogP contribution in [0, 0.1) is 20.2 Å². The molecule has 0 atom stereocenters. The zero-order valence-corrected chi connectivity index (χ0v) is 16.9. The Morgan fingerprint density at radius 3 is 2.25 bits per heavy atom. The maximum atomic E-state index is 12.3. The summed E-state index contributed by atoms with van der Waals surface area (Å²) in [6.45, 7) is -0.501. The Morgan fingerprint density at radius 2 is 1.59 bits per heavy atom. The first-order valence-electron chi connectivity index (χ1n) is 8.91. The van der Waals surface area contributed by atoms with Crippen molar-refractivity contribution in [2.75, 3.05) is 6.61 Å². The molecule has 0 aliphatic carbocycles. The van der Waals surface area contributed by atoms with Crippen LogP contribution in [0.5, 0.6) is 11.5 Å². The highest BCUT2D eigenvalue weighted by molar-refractivity contribution is 6.30. The summed E-state index contributed by atoms with van der Waals surface area (Å²) in [4.78, 5) is 44.9. The first-order chi connectivity index (χ1) is 15.2. The van der Waals surface area contributed by atoms with Gasteiger partial charge in [0.15, 0.2) is 12.4 Å². The first kappa shape index (κ1) is 22.4. The van der Waals surface area contributed by atoms with Gasteiger partial charge in [-0.25, -0.2) is 4.79 Å². The molecule has 0 aliphatic rings. The van der Waals surface area contributed by atoms with Gasteiger partial charge in [0.2, 0.25) is 5.75 Å². The minimum absolute atomic E-state index is 0.0379. The van der Waals surface area contributed by atoms with Gasteiger partial charge in [-0.2, -0.15) is 0 Å². The van der Waals surface area contributed by atoms with E-state index in [1.165, 1.54) is 48.5 Å². The molecule has 10 nitrogen and oxygen atoms in total. The molecule has 0 aromatic heterocycles. The van der Waals surface area contributed by atoms with Crippen LogP contribution in [-0.4, -0.2) is 28.2 Å². The number of ketones is 1. The lowest BCUT2D eigenvalue weighted by atomic mass is 10.1. The third-order valence-electron chi connectivity index (χ3n) is 4.15. The maximum absolute atomic E-state index is 12.3. The van der Waals surface area contributed by atoms with Crippen LogP contribution in [0.2, 0.25) is 5.02 Å². The summed E-state index contributed by atoms with van der Waals surface area (Å²) in [6, 6.07) is 14.6. The number of non-ortho nitro benzene ring substituents is 1. The molecule has 11 heteroatoms. The Kier molecular flexibility index (Phi) is 6.76. The number of nitro benzene ring substituents is 2. The monoisotopic (exact) mass is 456 g/mol. The highest BCUT2D eigenvalue weighted by Crippen LogP contribution is 2.34. The van der Waals surface area contributed by atoms with Crippen molar-refractivity contribution >= 4 is 34.7 Å². The number of carbonyl (C=O) groups is 2. The van der Waals surface area contributed by atoms with Gasteiger partial charge in [0, 0.05) is 16.7 Å². The van der Waals surface area contributed by atoms with E-state index in [-0.39, 0.29) is 17.1 Å². The van der Waals surface area contributed by atoms with Crippen molar-refractivity contribution in [1.82, 2.24) is 0 Å². The van der Waals surface area contributed by atoms with Gasteiger partial charge in [-0.1, -0.05) is 17.7 Å². The number of rotatable bonds is 8. The highest BCUT2D eigenvalue weighted by Gasteiger charge is 2.21. The zero-order valence-electron chi connectivity index (χ0n) is 16.1. The lowest BCUT2D eigenvalue weighted by molar-refractivity contribution is -0.394. The van der Waals surface area contributed by atoms with Crippen molar-refractivity contribution in [2.24, 2.45) is 0 Å². The van der Waals surface area contributed by atoms with Gasteiger partial charge in [0.25, 0.3) is 5.69 Å². The molecule has 0 bridgehead atoms. The van der Waals surface area contributed by atoms with E-state index in [1.54, 1.807) is 0 Å². The largest absolute Gasteiger partial charge is 0.454 e. The normalized spacial score (nSPS) is 10.3. The smallest absolute Gasteiger partial charge is 0.338 e. The standard InChI is InChI=1S/C21H13ClN2O8/c22-15-6-4-13(5-7-15)19(25)12-31-21(26)14-2-1-3-17(10-14)32-20-9-8-16(23(27)28)11-18(20)24(29)30/h1-11H,12H2. The van der Waals surface area contributed by atoms with Crippen LogP contribution in [0.15, 0.2) is 66.7 Å². The van der Waals surface area contributed by atoms with Crippen molar-refractivity contribution in [3.8, 4) is 11.5 Å². The quantitative estimate of drug-likeness (QED) is 0.200. The lowest BCUT2D eigenvalue weighted by Gasteiger charge is -2.08. The predicted molar refractivity (Wildman–Crippen MR) is 112 cm³/mol. The summed E-state index contributed by atoms with van der Waals surface area (Å²) in [5, 5.41) is 22.5. The summed E-state index contributed by atoms with van der Waals surface area (Å²) in [6.07, 6.45) is 0. The Morgan fingerprint density at radius 1 is 0.875 bits per heavy atom. The number of hydrogen-bond donors (Lipinski definition) is 0. The molecular weight excluding hydrogens is 444 g/mol. The Balaban J connectivity index is 1.72. The average molecular weight is 457 g/mol. The van der Waals surface area contributed by atoms with E-state index in [9.17, 15) is 29.8 Å². The molecule has 0 spiro atoms. The molecule has 0 amide bonds. The van der Waals surface area contributed by atoms with Gasteiger partial charge in [-0.3, -0.25) is 25.0 Å². The summed E-state index contributed by atoms with van der Waals surface area (Å²) in [5.74, 6) is -1.43. The van der Waals surface area contributed by atoms with Crippen molar-refractivity contribution < 1.29 is 28.9 Å². The number of hydrogen-bond acceptors (Lipinski definition) is 8. The molecule has 162 valence electrons. The van der Waals surface area contributed by atoms with Crippen molar-refractivity contribution in [3.63, 3.8) is 0 Å². The van der Waals surface area contributed by atoms with E-state index in [1.807, 2.05) is 0 Å². The minimum Gasteiger partial charge on any atom is -0.454 e. The fourth-order valence-corrected chi connectivity index (χ4v) is 2.72. The fourth-order valence-electron chi connectivity index (χ4n) is 2.60. The minimum atomic E-state index is -0.817. The fraction of sp³-hybridized carbons (Fsp3) is 0.0476. The van der Waals surface area contributed by atoms with E-state index in [2.05, 4.69) is 0 Å². The topological polar surface area (TPSA) is 139 Å². The van der Waals surface area contributed by atoms with E-state index in [0.717, 1.165) is 18.2 Å². The van der Waals surface area contributed by atoms with Crippen LogP contribution in [0.4, 0.5) is 11.4 Å². The van der Waals surface area contributed by atoms with E-state index >= 15 is 0 Å². The molecule has 0 aliphatic heterocycles. The second kappa shape index (κ2) is 9.67. The molecule has 0 saturated heterocycles. The average Bonchev–Trinajstić information content (AvgIpc) is 2.77. The predicted octanol–water partition coefficient (Wildman–Crippen LogP) is 4.99. The first-order valence-corrected chi connectivity index (χ1v) is 9.29. The second-order valence-electron chi connectivity index (χ2n) is 6.30. The van der Waals surface area contributed by atoms with Crippen LogP contribution in [0.3, 0.4) is 0 Å². The molecule has 3 rings (SSSR count). The number of esters is 1.